The van der Waals surface area contributed by atoms with Crippen molar-refractivity contribution in [2.24, 2.45) is 0 Å². The number of hydrogen-bond donors (Lipinski definition) is 0. The predicted octanol–water partition coefficient (Wildman–Crippen LogP) is 14.5. The maximum Gasteiger partial charge on any atom is 0.161 e. The second-order valence-electron chi connectivity index (χ2n) is 15.4. The first-order valence-corrected chi connectivity index (χ1v) is 20.4. The van der Waals surface area contributed by atoms with Crippen molar-refractivity contribution >= 4 is 54.4 Å². The van der Waals surface area contributed by atoms with Crippen molar-refractivity contribution in [1.29, 1.82) is 0 Å². The maximum absolute atomic E-state index is 5.31. The van der Waals surface area contributed by atoms with E-state index < -0.39 is 0 Å². The lowest BCUT2D eigenvalue weighted by Crippen LogP contribution is -1.99. The van der Waals surface area contributed by atoms with Gasteiger partial charge < -0.3 is 9.13 Å². The van der Waals surface area contributed by atoms with Gasteiger partial charge in [0, 0.05) is 49.6 Å². The van der Waals surface area contributed by atoms with Crippen LogP contribution in [0.2, 0.25) is 0 Å². The van der Waals surface area contributed by atoms with Crippen LogP contribution in [-0.4, -0.2) is 19.1 Å². The van der Waals surface area contributed by atoms with Crippen molar-refractivity contribution in [3.8, 4) is 56.4 Å². The Hall–Kier alpha value is -8.08. The van der Waals surface area contributed by atoms with Crippen molar-refractivity contribution in [2.75, 3.05) is 0 Å². The van der Waals surface area contributed by atoms with Crippen LogP contribution in [0.4, 0.5) is 0 Å². The number of para-hydroxylation sites is 2. The summed E-state index contributed by atoms with van der Waals surface area (Å²) in [6.07, 6.45) is 0. The molecule has 0 unspecified atom stereocenters. The number of fused-ring (bicyclic) bond motifs is 8. The molecule has 12 aromatic rings. The van der Waals surface area contributed by atoms with Gasteiger partial charge in [-0.3, -0.25) is 0 Å². The third kappa shape index (κ3) is 5.46. The molecule has 280 valence electrons. The Labute approximate surface area is 346 Å². The zero-order valence-electron chi connectivity index (χ0n) is 32.6. The molecule has 0 aliphatic rings. The van der Waals surface area contributed by atoms with Crippen LogP contribution < -0.4 is 0 Å². The van der Waals surface area contributed by atoms with Crippen molar-refractivity contribution in [3.63, 3.8) is 0 Å². The van der Waals surface area contributed by atoms with Crippen molar-refractivity contribution in [1.82, 2.24) is 19.1 Å². The Morgan fingerprint density at radius 2 is 0.783 bits per heavy atom. The van der Waals surface area contributed by atoms with Crippen LogP contribution in [0.25, 0.3) is 111 Å². The molecule has 0 spiro atoms. The topological polar surface area (TPSA) is 35.6 Å². The summed E-state index contributed by atoms with van der Waals surface area (Å²) in [7, 11) is 0. The van der Waals surface area contributed by atoms with E-state index in [9.17, 15) is 0 Å². The largest absolute Gasteiger partial charge is 0.309 e. The van der Waals surface area contributed by atoms with E-state index in [-0.39, 0.29) is 0 Å². The fraction of sp³-hybridized carbons (Fsp3) is 0. The van der Waals surface area contributed by atoms with Crippen molar-refractivity contribution in [2.45, 2.75) is 0 Å². The molecule has 9 aromatic carbocycles. The lowest BCUT2D eigenvalue weighted by Gasteiger charge is -2.15. The van der Waals surface area contributed by atoms with Crippen LogP contribution in [-0.2, 0) is 0 Å². The second kappa shape index (κ2) is 13.8. The molecule has 0 saturated carbocycles. The molecule has 3 heterocycles. The molecular weight excluding hydrogens is 729 g/mol. The molecule has 0 fully saturated rings. The summed E-state index contributed by atoms with van der Waals surface area (Å²) in [6.45, 7) is 0. The van der Waals surface area contributed by atoms with Crippen molar-refractivity contribution < 1.29 is 0 Å². The van der Waals surface area contributed by atoms with Crippen molar-refractivity contribution in [3.05, 3.63) is 218 Å². The van der Waals surface area contributed by atoms with E-state index in [1.54, 1.807) is 0 Å². The van der Waals surface area contributed by atoms with E-state index >= 15 is 0 Å². The Morgan fingerprint density at radius 1 is 0.300 bits per heavy atom. The molecule has 4 heteroatoms. The highest BCUT2D eigenvalue weighted by molar-refractivity contribution is 6.29. The van der Waals surface area contributed by atoms with Gasteiger partial charge in [0.15, 0.2) is 5.82 Å². The average Bonchev–Trinajstić information content (AvgIpc) is 3.85. The number of hydrogen-bond acceptors (Lipinski definition) is 2. The molecule has 0 atom stereocenters. The van der Waals surface area contributed by atoms with Gasteiger partial charge in [0.25, 0.3) is 0 Å². The Balaban J connectivity index is 1.13. The monoisotopic (exact) mass is 764 g/mol. The summed E-state index contributed by atoms with van der Waals surface area (Å²) < 4.78 is 4.86. The Kier molecular flexibility index (Phi) is 7.82. The van der Waals surface area contributed by atoms with Gasteiger partial charge in [0.2, 0.25) is 0 Å². The third-order valence-electron chi connectivity index (χ3n) is 11.9. The molecule has 3 aromatic heterocycles. The Morgan fingerprint density at radius 3 is 1.38 bits per heavy atom. The van der Waals surface area contributed by atoms with Gasteiger partial charge in [-0.25, -0.2) is 9.97 Å². The zero-order chi connectivity index (χ0) is 39.6. The summed E-state index contributed by atoms with van der Waals surface area (Å²) >= 11 is 0. The van der Waals surface area contributed by atoms with Crippen LogP contribution in [0.5, 0.6) is 0 Å². The Bertz CT molecular complexity index is 3530. The third-order valence-corrected chi connectivity index (χ3v) is 11.9. The minimum Gasteiger partial charge on any atom is -0.309 e. The molecule has 0 saturated heterocycles. The SMILES string of the molecule is c1ccc(-c2cccc(-n3c4ccccc4c4c5c6ccccc6n(-c6cc(-c7nc(-c8ccccc8)cc(-c8ccccc8)n7)c7ccccc7c6)c5ccc43)c2)cc1. The normalized spacial score (nSPS) is 11.7. The number of aromatic nitrogens is 4. The highest BCUT2D eigenvalue weighted by Crippen LogP contribution is 2.44. The number of rotatable bonds is 6. The number of benzene rings is 9. The lowest BCUT2D eigenvalue weighted by molar-refractivity contribution is 1.16. The molecule has 60 heavy (non-hydrogen) atoms. The predicted molar refractivity (Wildman–Crippen MR) is 250 cm³/mol. The molecule has 0 bridgehead atoms. The molecule has 0 N–H and O–H groups in total. The quantitative estimate of drug-likeness (QED) is 0.169. The summed E-state index contributed by atoms with van der Waals surface area (Å²) in [5, 5.41) is 7.15. The molecule has 12 rings (SSSR count). The van der Waals surface area contributed by atoms with Crippen LogP contribution >= 0.6 is 0 Å². The highest BCUT2D eigenvalue weighted by Gasteiger charge is 2.22. The van der Waals surface area contributed by atoms with E-state index in [1.165, 1.54) is 43.7 Å². The molecule has 0 aliphatic carbocycles. The molecule has 0 aliphatic heterocycles. The van der Waals surface area contributed by atoms with Gasteiger partial charge >= 0.3 is 0 Å². The van der Waals surface area contributed by atoms with E-state index in [1.807, 2.05) is 12.1 Å². The van der Waals surface area contributed by atoms with E-state index in [0.29, 0.717) is 5.82 Å². The average molecular weight is 765 g/mol. The van der Waals surface area contributed by atoms with Gasteiger partial charge in [0.05, 0.1) is 33.5 Å². The van der Waals surface area contributed by atoms with Gasteiger partial charge in [-0.1, -0.05) is 164 Å². The first-order valence-electron chi connectivity index (χ1n) is 20.4. The van der Waals surface area contributed by atoms with Gasteiger partial charge in [-0.2, -0.15) is 0 Å². The lowest BCUT2D eigenvalue weighted by atomic mass is 10.0. The van der Waals surface area contributed by atoms with Crippen LogP contribution in [0.15, 0.2) is 218 Å². The zero-order valence-corrected chi connectivity index (χ0v) is 32.6. The van der Waals surface area contributed by atoms with Crippen LogP contribution in [0.1, 0.15) is 0 Å². The van der Waals surface area contributed by atoms with E-state index in [0.717, 1.165) is 61.3 Å². The summed E-state index contributed by atoms with van der Waals surface area (Å²) in [5.74, 6) is 0.692. The molecule has 0 amide bonds. The number of nitrogens with zero attached hydrogens (tertiary/aromatic N) is 4. The summed E-state index contributed by atoms with van der Waals surface area (Å²) in [4.78, 5) is 10.6. The fourth-order valence-corrected chi connectivity index (χ4v) is 9.22. The van der Waals surface area contributed by atoms with Crippen LogP contribution in [0, 0.1) is 0 Å². The maximum atomic E-state index is 5.31. The molecular formula is C56H36N4. The standard InChI is InChI=1S/C56H36N4/c1-4-17-37(18-5-1)40-24-16-25-42(33-40)59-50-29-14-12-27-45(50)54-52(59)31-32-53-55(54)46-28-13-15-30-51(46)60(53)43-34-41-23-10-11-26-44(41)47(35-43)56-57-48(38-19-6-2-7-20-38)36-49(58-56)39-21-8-3-9-22-39/h1-36H. The fourth-order valence-electron chi connectivity index (χ4n) is 9.22. The minimum absolute atomic E-state index is 0.692. The smallest absolute Gasteiger partial charge is 0.161 e. The van der Waals surface area contributed by atoms with Gasteiger partial charge in [0.1, 0.15) is 0 Å². The minimum atomic E-state index is 0.692. The van der Waals surface area contributed by atoms with E-state index in [2.05, 4.69) is 215 Å². The van der Waals surface area contributed by atoms with Gasteiger partial charge in [-0.05, 0) is 76.5 Å². The first kappa shape index (κ1) is 34.0. The molecule has 4 nitrogen and oxygen atoms in total. The highest BCUT2D eigenvalue weighted by atomic mass is 15.0. The van der Waals surface area contributed by atoms with Gasteiger partial charge in [-0.15, -0.1) is 0 Å². The summed E-state index contributed by atoms with van der Waals surface area (Å²) in [6, 6.07) is 77.9. The van der Waals surface area contributed by atoms with Crippen LogP contribution in [0.3, 0.4) is 0 Å². The molecule has 0 radical (unpaired) electrons. The second-order valence-corrected chi connectivity index (χ2v) is 15.4. The summed E-state index contributed by atoms with van der Waals surface area (Å²) in [5.41, 5.74) is 14.1. The van der Waals surface area contributed by atoms with E-state index in [4.69, 9.17) is 9.97 Å². The first-order chi connectivity index (χ1) is 29.8.